The second kappa shape index (κ2) is 7.84. The zero-order valence-electron chi connectivity index (χ0n) is 16.3. The summed E-state index contributed by atoms with van der Waals surface area (Å²) in [6.45, 7) is 0.567. The van der Waals surface area contributed by atoms with Gasteiger partial charge in [0.2, 0.25) is 0 Å². The van der Waals surface area contributed by atoms with E-state index in [-0.39, 0.29) is 12.2 Å². The molecule has 0 aliphatic heterocycles. The minimum absolute atomic E-state index is 0.0707. The molecule has 0 amide bonds. The van der Waals surface area contributed by atoms with Crippen molar-refractivity contribution in [2.45, 2.75) is 13.0 Å². The van der Waals surface area contributed by atoms with Crippen molar-refractivity contribution in [3.05, 3.63) is 94.2 Å². The first kappa shape index (κ1) is 19.8. The lowest BCUT2D eigenvalue weighted by atomic mass is 10.0. The highest BCUT2D eigenvalue weighted by molar-refractivity contribution is 7.17. The Kier molecular flexibility index (Phi) is 5.00. The van der Waals surface area contributed by atoms with E-state index in [1.54, 1.807) is 29.5 Å². The Morgan fingerprint density at radius 3 is 2.68 bits per heavy atom. The van der Waals surface area contributed by atoms with Crippen LogP contribution < -0.4 is 0 Å². The van der Waals surface area contributed by atoms with Crippen molar-refractivity contribution >= 4 is 49.9 Å². The molecule has 0 atom stereocenters. The molecule has 0 saturated heterocycles. The van der Waals surface area contributed by atoms with Gasteiger partial charge in [0, 0.05) is 38.9 Å². The summed E-state index contributed by atoms with van der Waals surface area (Å²) in [4.78, 5) is 11.4. The van der Waals surface area contributed by atoms with Gasteiger partial charge in [-0.2, -0.15) is 0 Å². The van der Waals surface area contributed by atoms with Crippen LogP contribution in [0.5, 0.6) is 0 Å². The normalized spacial score (nSPS) is 11.4. The Labute approximate surface area is 186 Å². The Bertz CT molecular complexity index is 1450. The first-order valence-corrected chi connectivity index (χ1v) is 11.0. The summed E-state index contributed by atoms with van der Waals surface area (Å²) in [5.41, 5.74) is 3.99. The smallest absolute Gasteiger partial charge is 0.307 e. The predicted octanol–water partition coefficient (Wildman–Crippen LogP) is 6.99. The minimum Gasteiger partial charge on any atom is -0.481 e. The summed E-state index contributed by atoms with van der Waals surface area (Å²) in [6.07, 6.45) is 1.82. The summed E-state index contributed by atoms with van der Waals surface area (Å²) in [5.74, 6) is -1.17. The van der Waals surface area contributed by atoms with E-state index < -0.39 is 5.97 Å². The molecule has 2 aromatic heterocycles. The fraction of sp³-hybridized carbons (Fsp3) is 0.0800. The lowest BCUT2D eigenvalue weighted by molar-refractivity contribution is -0.136. The van der Waals surface area contributed by atoms with Crippen LogP contribution in [-0.2, 0) is 17.8 Å². The number of rotatable bonds is 5. The van der Waals surface area contributed by atoms with Crippen molar-refractivity contribution in [2.24, 2.45) is 0 Å². The van der Waals surface area contributed by atoms with Gasteiger partial charge in [-0.05, 0) is 57.8 Å². The van der Waals surface area contributed by atoms with E-state index in [0.717, 1.165) is 37.7 Å². The SMILES string of the molecule is O=C(O)Cc1cn(Cc2csc3ccc(Cl)cc23)c2cc(-c3ccccc3F)ccc12. The number of hydrogen-bond acceptors (Lipinski definition) is 2. The Morgan fingerprint density at radius 2 is 1.87 bits per heavy atom. The highest BCUT2D eigenvalue weighted by Crippen LogP contribution is 2.33. The van der Waals surface area contributed by atoms with Crippen LogP contribution in [0, 0.1) is 5.82 Å². The molecule has 0 saturated carbocycles. The minimum atomic E-state index is -0.884. The molecule has 0 aliphatic rings. The van der Waals surface area contributed by atoms with E-state index in [0.29, 0.717) is 17.1 Å². The van der Waals surface area contributed by atoms with Gasteiger partial charge in [-0.1, -0.05) is 41.9 Å². The van der Waals surface area contributed by atoms with Gasteiger partial charge in [0.1, 0.15) is 5.82 Å². The first-order valence-electron chi connectivity index (χ1n) is 9.73. The standard InChI is InChI=1S/C25H17ClFNO2S/c26-18-6-8-24-21(11-18)17(14-31-24)13-28-12-16(10-25(29)30)20-7-5-15(9-23(20)28)19-3-1-2-4-22(19)27/h1-9,11-12,14H,10,13H2,(H,29,30). The molecule has 3 aromatic carbocycles. The van der Waals surface area contributed by atoms with Crippen LogP contribution in [0.4, 0.5) is 4.39 Å². The van der Waals surface area contributed by atoms with Gasteiger partial charge in [-0.25, -0.2) is 4.39 Å². The van der Waals surface area contributed by atoms with Crippen molar-refractivity contribution in [3.63, 3.8) is 0 Å². The van der Waals surface area contributed by atoms with Crippen molar-refractivity contribution < 1.29 is 14.3 Å². The van der Waals surface area contributed by atoms with E-state index in [1.165, 1.54) is 6.07 Å². The molecule has 154 valence electrons. The van der Waals surface area contributed by atoms with E-state index in [1.807, 2.05) is 47.2 Å². The number of benzene rings is 3. The van der Waals surface area contributed by atoms with Crippen LogP contribution in [0.15, 0.2) is 72.2 Å². The number of thiophene rings is 1. The molecule has 5 rings (SSSR count). The summed E-state index contributed by atoms with van der Waals surface area (Å²) < 4.78 is 17.6. The topological polar surface area (TPSA) is 42.2 Å². The number of nitrogens with zero attached hydrogens (tertiary/aromatic N) is 1. The quantitative estimate of drug-likeness (QED) is 0.314. The van der Waals surface area contributed by atoms with Crippen molar-refractivity contribution in [1.82, 2.24) is 4.57 Å². The maximum absolute atomic E-state index is 14.4. The molecule has 0 aliphatic carbocycles. The van der Waals surface area contributed by atoms with E-state index in [4.69, 9.17) is 11.6 Å². The molecule has 5 aromatic rings. The Balaban J connectivity index is 1.66. The summed E-state index contributed by atoms with van der Waals surface area (Å²) >= 11 is 7.86. The first-order chi connectivity index (χ1) is 15.0. The Morgan fingerprint density at radius 1 is 1.03 bits per heavy atom. The van der Waals surface area contributed by atoms with Crippen molar-refractivity contribution in [3.8, 4) is 11.1 Å². The highest BCUT2D eigenvalue weighted by Gasteiger charge is 2.15. The number of carboxylic acid groups (broad SMARTS) is 1. The van der Waals surface area contributed by atoms with Crippen LogP contribution in [0.1, 0.15) is 11.1 Å². The van der Waals surface area contributed by atoms with E-state index in [9.17, 15) is 14.3 Å². The van der Waals surface area contributed by atoms with Gasteiger partial charge < -0.3 is 9.67 Å². The van der Waals surface area contributed by atoms with Crippen LogP contribution in [0.25, 0.3) is 32.1 Å². The number of fused-ring (bicyclic) bond motifs is 2. The average molecular weight is 450 g/mol. The predicted molar refractivity (Wildman–Crippen MR) is 125 cm³/mol. The van der Waals surface area contributed by atoms with Crippen LogP contribution in [-0.4, -0.2) is 15.6 Å². The largest absolute Gasteiger partial charge is 0.481 e. The molecule has 0 fully saturated rings. The molecular weight excluding hydrogens is 433 g/mol. The maximum atomic E-state index is 14.4. The molecule has 1 N–H and O–H groups in total. The summed E-state index contributed by atoms with van der Waals surface area (Å²) in [6, 6.07) is 18.2. The van der Waals surface area contributed by atoms with Crippen molar-refractivity contribution in [1.29, 1.82) is 0 Å². The second-order valence-corrected chi connectivity index (χ2v) is 8.81. The van der Waals surface area contributed by atoms with Gasteiger partial charge >= 0.3 is 5.97 Å². The average Bonchev–Trinajstić information content (AvgIpc) is 3.29. The molecule has 31 heavy (non-hydrogen) atoms. The number of carboxylic acids is 1. The van der Waals surface area contributed by atoms with Gasteiger partial charge in [-0.3, -0.25) is 4.79 Å². The molecule has 0 spiro atoms. The lowest BCUT2D eigenvalue weighted by Gasteiger charge is -2.08. The lowest BCUT2D eigenvalue weighted by Crippen LogP contribution is -2.00. The molecular formula is C25H17ClFNO2S. The van der Waals surface area contributed by atoms with Gasteiger partial charge in [0.15, 0.2) is 0 Å². The fourth-order valence-corrected chi connectivity index (χ4v) is 5.13. The molecule has 3 nitrogen and oxygen atoms in total. The molecule has 0 radical (unpaired) electrons. The van der Waals surface area contributed by atoms with Crippen LogP contribution in [0.3, 0.4) is 0 Å². The third kappa shape index (κ3) is 3.71. The molecule has 0 unspecified atom stereocenters. The second-order valence-electron chi connectivity index (χ2n) is 7.47. The Hall–Kier alpha value is -3.15. The maximum Gasteiger partial charge on any atom is 0.307 e. The van der Waals surface area contributed by atoms with Crippen LogP contribution >= 0.6 is 22.9 Å². The fourth-order valence-electron chi connectivity index (χ4n) is 4.03. The highest BCUT2D eigenvalue weighted by atomic mass is 35.5. The zero-order chi connectivity index (χ0) is 21.5. The zero-order valence-corrected chi connectivity index (χ0v) is 17.9. The third-order valence-electron chi connectivity index (χ3n) is 5.45. The number of aromatic nitrogens is 1. The number of hydrogen-bond donors (Lipinski definition) is 1. The number of aliphatic carboxylic acids is 1. The van der Waals surface area contributed by atoms with Crippen LogP contribution in [0.2, 0.25) is 5.02 Å². The van der Waals surface area contributed by atoms with E-state index in [2.05, 4.69) is 5.38 Å². The van der Waals surface area contributed by atoms with Crippen molar-refractivity contribution in [2.75, 3.05) is 0 Å². The molecule has 6 heteroatoms. The van der Waals surface area contributed by atoms with Gasteiger partial charge in [-0.15, -0.1) is 11.3 Å². The van der Waals surface area contributed by atoms with Gasteiger partial charge in [0.05, 0.1) is 6.42 Å². The monoisotopic (exact) mass is 449 g/mol. The summed E-state index contributed by atoms with van der Waals surface area (Å²) in [7, 11) is 0. The number of carbonyl (C=O) groups is 1. The third-order valence-corrected chi connectivity index (χ3v) is 6.70. The van der Waals surface area contributed by atoms with E-state index >= 15 is 0 Å². The number of halogens is 2. The summed E-state index contributed by atoms with van der Waals surface area (Å²) in [5, 5.41) is 14.1. The van der Waals surface area contributed by atoms with Gasteiger partial charge in [0.25, 0.3) is 0 Å². The molecule has 2 heterocycles. The molecule has 0 bridgehead atoms.